The smallest absolute Gasteiger partial charge is 0.306 e. The van der Waals surface area contributed by atoms with Gasteiger partial charge in [0.05, 0.1) is 6.61 Å². The summed E-state index contributed by atoms with van der Waals surface area (Å²) in [6.45, 7) is 7.55. The number of allylic oxidation sites excluding steroid dienone is 16. The van der Waals surface area contributed by atoms with Gasteiger partial charge < -0.3 is 14.2 Å². The van der Waals surface area contributed by atoms with Crippen molar-refractivity contribution in [3.63, 3.8) is 0 Å². The molecule has 0 heterocycles. The van der Waals surface area contributed by atoms with Crippen LogP contribution in [0.2, 0.25) is 0 Å². The number of unbranched alkanes of at least 4 members (excludes halogenated alkanes) is 17. The van der Waals surface area contributed by atoms with Crippen LogP contribution >= 0.6 is 0 Å². The first-order valence-electron chi connectivity index (χ1n) is 24.8. The molecule has 0 saturated heterocycles. The molecule has 0 aromatic rings. The molecule has 0 aliphatic rings. The van der Waals surface area contributed by atoms with Crippen LogP contribution in [-0.2, 0) is 23.8 Å². The monoisotopic (exact) mass is 833 g/mol. The van der Waals surface area contributed by atoms with E-state index in [0.29, 0.717) is 25.9 Å². The Morgan fingerprint density at radius 2 is 0.800 bits per heavy atom. The van der Waals surface area contributed by atoms with Crippen molar-refractivity contribution in [1.29, 1.82) is 0 Å². The molecule has 0 saturated carbocycles. The fraction of sp³-hybridized carbons (Fsp3) is 0.673. The minimum absolute atomic E-state index is 0.0350. The van der Waals surface area contributed by atoms with Crippen molar-refractivity contribution < 1.29 is 23.8 Å². The molecule has 5 heteroatoms. The van der Waals surface area contributed by atoms with E-state index in [1.54, 1.807) is 0 Å². The molecule has 1 unspecified atom stereocenters. The standard InChI is InChI=1S/C55H92O5/c1-4-7-10-13-16-19-22-24-26-27-28-29-30-31-34-36-39-42-45-48-54(56)59-52-53(60-55(57)49-46-43-40-37-33-21-18-15-12-9-6-3)51-58-50-47-44-41-38-35-32-25-23-20-17-14-11-8-5-2/h7,10,15-16,18-20,23-24,26,28-29,31,34,39,42,53H,4-6,8-9,11-14,17,21-22,25,27,30,32-33,35-38,40-41,43-52H2,1-3H3/b10-7-,18-15-,19-16-,23-20-,26-24-,29-28-,34-31-,42-39-. The topological polar surface area (TPSA) is 61.8 Å². The molecule has 0 aliphatic carbocycles. The van der Waals surface area contributed by atoms with Crippen LogP contribution in [0.1, 0.15) is 213 Å². The van der Waals surface area contributed by atoms with Gasteiger partial charge in [-0.2, -0.15) is 0 Å². The average Bonchev–Trinajstić information content (AvgIpc) is 3.25. The van der Waals surface area contributed by atoms with Gasteiger partial charge in [0.25, 0.3) is 0 Å². The molecule has 0 radical (unpaired) electrons. The van der Waals surface area contributed by atoms with E-state index < -0.39 is 6.10 Å². The van der Waals surface area contributed by atoms with Gasteiger partial charge in [-0.25, -0.2) is 0 Å². The molecule has 0 bridgehead atoms. The number of rotatable bonds is 44. The first-order valence-corrected chi connectivity index (χ1v) is 24.8. The predicted molar refractivity (Wildman–Crippen MR) is 260 cm³/mol. The van der Waals surface area contributed by atoms with Crippen LogP contribution in [0.5, 0.6) is 0 Å². The van der Waals surface area contributed by atoms with Crippen LogP contribution in [-0.4, -0.2) is 37.9 Å². The van der Waals surface area contributed by atoms with Crippen LogP contribution in [0.3, 0.4) is 0 Å². The normalized spacial score (nSPS) is 13.1. The Bertz CT molecular complexity index is 1170. The van der Waals surface area contributed by atoms with Gasteiger partial charge in [0, 0.05) is 19.4 Å². The summed E-state index contributed by atoms with van der Waals surface area (Å²) < 4.78 is 17.3. The van der Waals surface area contributed by atoms with Crippen LogP contribution in [0, 0.1) is 0 Å². The Kier molecular flexibility index (Phi) is 47.5. The van der Waals surface area contributed by atoms with Gasteiger partial charge in [-0.3, -0.25) is 9.59 Å². The van der Waals surface area contributed by atoms with Gasteiger partial charge in [-0.1, -0.05) is 195 Å². The molecule has 0 aromatic heterocycles. The molecule has 0 spiro atoms. The summed E-state index contributed by atoms with van der Waals surface area (Å²) in [6.07, 6.45) is 67.1. The highest BCUT2D eigenvalue weighted by molar-refractivity contribution is 5.70. The van der Waals surface area contributed by atoms with Crippen LogP contribution < -0.4 is 0 Å². The molecule has 0 aliphatic heterocycles. The maximum atomic E-state index is 12.7. The Morgan fingerprint density at radius 3 is 1.32 bits per heavy atom. The fourth-order valence-electron chi connectivity index (χ4n) is 6.39. The molecule has 0 aromatic carbocycles. The van der Waals surface area contributed by atoms with Crippen molar-refractivity contribution >= 4 is 11.9 Å². The SMILES string of the molecule is CC/C=C\C/C=C\C/C=C\C/C=C\C/C=C\C/C=C\CCC(=O)OCC(COCCCCCCCC/C=C\CCCCCC)OC(=O)CCCCCCC/C=C\CCCC. The maximum Gasteiger partial charge on any atom is 0.306 e. The number of carbonyl (C=O) groups is 2. The van der Waals surface area contributed by atoms with Gasteiger partial charge in [0.2, 0.25) is 0 Å². The molecule has 1 atom stereocenters. The number of esters is 2. The highest BCUT2D eigenvalue weighted by Crippen LogP contribution is 2.12. The molecular weight excluding hydrogens is 741 g/mol. The van der Waals surface area contributed by atoms with Crippen molar-refractivity contribution in [2.45, 2.75) is 219 Å². The third-order valence-corrected chi connectivity index (χ3v) is 10.1. The second-order valence-corrected chi connectivity index (χ2v) is 16.0. The van der Waals surface area contributed by atoms with Crippen molar-refractivity contribution in [2.24, 2.45) is 0 Å². The number of ether oxygens (including phenoxy) is 3. The summed E-state index contributed by atoms with van der Waals surface area (Å²) in [4.78, 5) is 25.3. The number of hydrogen-bond acceptors (Lipinski definition) is 5. The lowest BCUT2D eigenvalue weighted by Crippen LogP contribution is -2.30. The molecule has 60 heavy (non-hydrogen) atoms. The number of hydrogen-bond donors (Lipinski definition) is 0. The molecule has 0 amide bonds. The highest BCUT2D eigenvalue weighted by atomic mass is 16.6. The first-order chi connectivity index (χ1) is 29.6. The van der Waals surface area contributed by atoms with Gasteiger partial charge in [0.1, 0.15) is 6.61 Å². The summed E-state index contributed by atoms with van der Waals surface area (Å²) in [7, 11) is 0. The third-order valence-electron chi connectivity index (χ3n) is 10.1. The molecule has 0 fully saturated rings. The lowest BCUT2D eigenvalue weighted by molar-refractivity contribution is -0.162. The fourth-order valence-corrected chi connectivity index (χ4v) is 6.39. The van der Waals surface area contributed by atoms with E-state index in [1.165, 1.54) is 96.3 Å². The highest BCUT2D eigenvalue weighted by Gasteiger charge is 2.17. The Labute approximate surface area is 371 Å². The van der Waals surface area contributed by atoms with Crippen LogP contribution in [0.25, 0.3) is 0 Å². The third kappa shape index (κ3) is 47.5. The molecule has 342 valence electrons. The minimum atomic E-state index is -0.577. The van der Waals surface area contributed by atoms with Crippen molar-refractivity contribution in [3.05, 3.63) is 97.2 Å². The summed E-state index contributed by atoms with van der Waals surface area (Å²) >= 11 is 0. The van der Waals surface area contributed by atoms with E-state index in [0.717, 1.165) is 77.0 Å². The predicted octanol–water partition coefficient (Wildman–Crippen LogP) is 16.7. The second kappa shape index (κ2) is 50.2. The Morgan fingerprint density at radius 1 is 0.383 bits per heavy atom. The van der Waals surface area contributed by atoms with E-state index in [1.807, 2.05) is 6.08 Å². The summed E-state index contributed by atoms with van der Waals surface area (Å²) in [5, 5.41) is 0. The van der Waals surface area contributed by atoms with E-state index >= 15 is 0 Å². The number of carbonyl (C=O) groups excluding carboxylic acids is 2. The molecule has 0 rings (SSSR count). The minimum Gasteiger partial charge on any atom is -0.462 e. The van der Waals surface area contributed by atoms with Crippen molar-refractivity contribution in [1.82, 2.24) is 0 Å². The summed E-state index contributed by atoms with van der Waals surface area (Å²) in [5.41, 5.74) is 0. The van der Waals surface area contributed by atoms with Crippen LogP contribution in [0.4, 0.5) is 0 Å². The summed E-state index contributed by atoms with van der Waals surface area (Å²) in [5.74, 6) is -0.513. The van der Waals surface area contributed by atoms with Crippen molar-refractivity contribution in [3.8, 4) is 0 Å². The van der Waals surface area contributed by atoms with Crippen LogP contribution in [0.15, 0.2) is 97.2 Å². The zero-order valence-corrected chi connectivity index (χ0v) is 39.2. The lowest BCUT2D eigenvalue weighted by atomic mass is 10.1. The first kappa shape index (κ1) is 56.8. The maximum absolute atomic E-state index is 12.7. The van der Waals surface area contributed by atoms with E-state index in [4.69, 9.17) is 14.2 Å². The molecular formula is C55H92O5. The quantitative estimate of drug-likeness (QED) is 0.0348. The van der Waals surface area contributed by atoms with E-state index in [-0.39, 0.29) is 25.2 Å². The zero-order chi connectivity index (χ0) is 43.5. The lowest BCUT2D eigenvalue weighted by Gasteiger charge is -2.18. The van der Waals surface area contributed by atoms with Gasteiger partial charge in [-0.15, -0.1) is 0 Å². The van der Waals surface area contributed by atoms with E-state index in [9.17, 15) is 9.59 Å². The van der Waals surface area contributed by atoms with Gasteiger partial charge in [0.15, 0.2) is 6.10 Å². The largest absolute Gasteiger partial charge is 0.462 e. The average molecular weight is 833 g/mol. The van der Waals surface area contributed by atoms with Gasteiger partial charge >= 0.3 is 11.9 Å². The van der Waals surface area contributed by atoms with E-state index in [2.05, 4.69) is 112 Å². The van der Waals surface area contributed by atoms with Gasteiger partial charge in [-0.05, 0) is 103 Å². The Balaban J connectivity index is 4.39. The Hall–Kier alpha value is -3.18. The summed E-state index contributed by atoms with van der Waals surface area (Å²) in [6, 6.07) is 0. The molecule has 5 nitrogen and oxygen atoms in total. The molecule has 0 N–H and O–H groups in total. The second-order valence-electron chi connectivity index (χ2n) is 16.0. The van der Waals surface area contributed by atoms with Crippen molar-refractivity contribution in [2.75, 3.05) is 19.8 Å². The zero-order valence-electron chi connectivity index (χ0n) is 39.2.